The predicted octanol–water partition coefficient (Wildman–Crippen LogP) is 2.08. The molecule has 1 aliphatic heterocycles. The van der Waals surface area contributed by atoms with Gasteiger partial charge in [-0.1, -0.05) is 22.6 Å². The Balaban J connectivity index is 2.57. The molecule has 3 nitrogen and oxygen atoms in total. The van der Waals surface area contributed by atoms with Crippen LogP contribution in [0.1, 0.15) is 0 Å². The molecule has 0 radical (unpaired) electrons. The molecule has 0 spiro atoms. The molecule has 14 heavy (non-hydrogen) atoms. The maximum atomic E-state index is 11.6. The van der Waals surface area contributed by atoms with Gasteiger partial charge in [-0.15, -0.1) is 0 Å². The standard InChI is InChI=1S/C8H4I3NO2/c9-3-1-4(10)5-6(13)12-7(14)8(5,11)2-3/h1-2,5H,(H,12,13,14). The van der Waals surface area contributed by atoms with Gasteiger partial charge in [0, 0.05) is 7.16 Å². The van der Waals surface area contributed by atoms with E-state index in [1.807, 2.05) is 12.2 Å². The predicted molar refractivity (Wildman–Crippen MR) is 77.6 cm³/mol. The number of fused-ring (bicyclic) bond motifs is 1. The quantitative estimate of drug-likeness (QED) is 0.299. The number of rotatable bonds is 0. The second-order valence-electron chi connectivity index (χ2n) is 3.08. The van der Waals surface area contributed by atoms with Crippen molar-refractivity contribution in [3.05, 3.63) is 19.3 Å². The summed E-state index contributed by atoms with van der Waals surface area (Å²) in [7, 11) is 0. The summed E-state index contributed by atoms with van der Waals surface area (Å²) < 4.78 is 1.21. The molecular weight excluding hydrogens is 523 g/mol. The van der Waals surface area contributed by atoms with Gasteiger partial charge in [-0.3, -0.25) is 14.9 Å². The van der Waals surface area contributed by atoms with Crippen LogP contribution < -0.4 is 5.32 Å². The van der Waals surface area contributed by atoms with Crippen molar-refractivity contribution < 1.29 is 9.59 Å². The van der Waals surface area contributed by atoms with Crippen molar-refractivity contribution in [1.29, 1.82) is 0 Å². The number of hydrogen-bond acceptors (Lipinski definition) is 2. The fourth-order valence-electron chi connectivity index (χ4n) is 1.53. The Kier molecular flexibility index (Phi) is 2.97. The number of allylic oxidation sites excluding steroid dienone is 2. The van der Waals surface area contributed by atoms with Gasteiger partial charge in [0.2, 0.25) is 11.8 Å². The third-order valence-corrected chi connectivity index (χ3v) is 5.15. The first-order valence-electron chi connectivity index (χ1n) is 3.75. The summed E-state index contributed by atoms with van der Waals surface area (Å²) in [6.07, 6.45) is 3.78. The molecule has 1 aliphatic carbocycles. The Morgan fingerprint density at radius 3 is 2.64 bits per heavy atom. The first kappa shape index (κ1) is 11.3. The number of carbonyl (C=O) groups excluding carboxylic acids is 2. The average Bonchev–Trinajstić information content (AvgIpc) is 2.21. The minimum absolute atomic E-state index is 0.190. The molecule has 2 amide bonds. The highest BCUT2D eigenvalue weighted by atomic mass is 127. The lowest BCUT2D eigenvalue weighted by molar-refractivity contribution is -0.125. The molecule has 0 bridgehead atoms. The van der Waals surface area contributed by atoms with Crippen LogP contribution in [0.3, 0.4) is 0 Å². The zero-order valence-corrected chi connectivity index (χ0v) is 13.2. The van der Waals surface area contributed by atoms with Crippen molar-refractivity contribution in [1.82, 2.24) is 5.32 Å². The monoisotopic (exact) mass is 527 g/mol. The summed E-state index contributed by atoms with van der Waals surface area (Å²) in [5.41, 5.74) is 0. The van der Waals surface area contributed by atoms with Gasteiger partial charge in [-0.2, -0.15) is 0 Å². The summed E-state index contributed by atoms with van der Waals surface area (Å²) in [6, 6.07) is 0. The third-order valence-electron chi connectivity index (χ3n) is 2.17. The van der Waals surface area contributed by atoms with Crippen LogP contribution in [0.25, 0.3) is 0 Å². The van der Waals surface area contributed by atoms with Crippen molar-refractivity contribution in [3.63, 3.8) is 0 Å². The second-order valence-corrected chi connectivity index (χ2v) is 7.35. The molecule has 1 fully saturated rings. The van der Waals surface area contributed by atoms with Gasteiger partial charge in [0.25, 0.3) is 0 Å². The largest absolute Gasteiger partial charge is 0.294 e. The second kappa shape index (κ2) is 3.68. The summed E-state index contributed by atoms with van der Waals surface area (Å²) in [5.74, 6) is -0.732. The molecule has 0 saturated carbocycles. The Morgan fingerprint density at radius 1 is 1.36 bits per heavy atom. The van der Waals surface area contributed by atoms with E-state index in [9.17, 15) is 9.59 Å². The topological polar surface area (TPSA) is 46.2 Å². The lowest BCUT2D eigenvalue weighted by atomic mass is 9.91. The summed E-state index contributed by atoms with van der Waals surface area (Å²) in [4.78, 5) is 23.1. The highest BCUT2D eigenvalue weighted by Gasteiger charge is 2.54. The maximum absolute atomic E-state index is 11.6. The molecule has 1 heterocycles. The lowest BCUT2D eigenvalue weighted by Gasteiger charge is -2.25. The molecule has 2 atom stereocenters. The fraction of sp³-hybridized carbons (Fsp3) is 0.250. The fourth-order valence-corrected chi connectivity index (χ4v) is 6.35. The van der Waals surface area contributed by atoms with E-state index in [0.717, 1.165) is 7.16 Å². The SMILES string of the molecule is O=C1NC(=O)C2(I)C=C(I)C=C(I)C12. The number of imide groups is 1. The Bertz CT molecular complexity index is 401. The van der Waals surface area contributed by atoms with Crippen LogP contribution in [-0.2, 0) is 9.59 Å². The Hall–Kier alpha value is 0.810. The normalized spacial score (nSPS) is 36.1. The van der Waals surface area contributed by atoms with Crippen LogP contribution in [0.4, 0.5) is 0 Å². The molecule has 0 aromatic rings. The first-order chi connectivity index (χ1) is 6.45. The first-order valence-corrected chi connectivity index (χ1v) is 6.98. The van der Waals surface area contributed by atoms with E-state index in [2.05, 4.69) is 73.1 Å². The van der Waals surface area contributed by atoms with Gasteiger partial charge in [-0.25, -0.2) is 0 Å². The van der Waals surface area contributed by atoms with Crippen molar-refractivity contribution in [2.45, 2.75) is 3.42 Å². The average molecular weight is 527 g/mol. The molecule has 74 valence electrons. The molecule has 2 rings (SSSR count). The zero-order valence-electron chi connectivity index (χ0n) is 6.68. The highest BCUT2D eigenvalue weighted by Crippen LogP contribution is 2.46. The highest BCUT2D eigenvalue weighted by molar-refractivity contribution is 14.1. The molecule has 1 N–H and O–H groups in total. The van der Waals surface area contributed by atoms with E-state index in [1.165, 1.54) is 0 Å². The van der Waals surface area contributed by atoms with Gasteiger partial charge >= 0.3 is 0 Å². The molecule has 0 aromatic carbocycles. The van der Waals surface area contributed by atoms with Crippen LogP contribution in [0.5, 0.6) is 0 Å². The minimum atomic E-state index is -0.712. The van der Waals surface area contributed by atoms with E-state index in [-0.39, 0.29) is 17.7 Å². The third kappa shape index (κ3) is 1.56. The number of nitrogens with one attached hydrogen (secondary N) is 1. The van der Waals surface area contributed by atoms with E-state index in [4.69, 9.17) is 0 Å². The van der Waals surface area contributed by atoms with Gasteiger partial charge in [0.1, 0.15) is 3.42 Å². The van der Waals surface area contributed by atoms with Crippen molar-refractivity contribution in [2.24, 2.45) is 5.92 Å². The molecule has 2 aliphatic rings. The van der Waals surface area contributed by atoms with Gasteiger partial charge < -0.3 is 0 Å². The Labute approximate surface area is 122 Å². The van der Waals surface area contributed by atoms with Crippen LogP contribution in [0.15, 0.2) is 19.3 Å². The smallest absolute Gasteiger partial charge is 0.247 e. The molecule has 2 unspecified atom stereocenters. The molecule has 1 saturated heterocycles. The van der Waals surface area contributed by atoms with Crippen LogP contribution >= 0.6 is 67.8 Å². The van der Waals surface area contributed by atoms with Crippen LogP contribution in [0, 0.1) is 5.92 Å². The van der Waals surface area contributed by atoms with Crippen molar-refractivity contribution in [2.75, 3.05) is 0 Å². The molecule has 6 heteroatoms. The number of halogens is 3. The number of alkyl halides is 1. The van der Waals surface area contributed by atoms with Crippen LogP contribution in [-0.4, -0.2) is 15.2 Å². The number of carbonyl (C=O) groups is 2. The van der Waals surface area contributed by atoms with Crippen LogP contribution in [0.2, 0.25) is 0 Å². The van der Waals surface area contributed by atoms with E-state index in [0.29, 0.717) is 0 Å². The lowest BCUT2D eigenvalue weighted by Crippen LogP contribution is -2.35. The van der Waals surface area contributed by atoms with E-state index < -0.39 is 3.42 Å². The van der Waals surface area contributed by atoms with Gasteiger partial charge in [-0.05, 0) is 57.3 Å². The summed E-state index contributed by atoms with van der Waals surface area (Å²) in [6.45, 7) is 0. The molecule has 0 aromatic heterocycles. The minimum Gasteiger partial charge on any atom is -0.294 e. The van der Waals surface area contributed by atoms with E-state index in [1.54, 1.807) is 0 Å². The number of amides is 2. The van der Waals surface area contributed by atoms with Gasteiger partial charge in [0.05, 0.1) is 5.92 Å². The van der Waals surface area contributed by atoms with E-state index >= 15 is 0 Å². The Morgan fingerprint density at radius 2 is 2.00 bits per heavy atom. The van der Waals surface area contributed by atoms with Gasteiger partial charge in [0.15, 0.2) is 0 Å². The van der Waals surface area contributed by atoms with Crippen molar-refractivity contribution in [3.8, 4) is 0 Å². The molecular formula is C8H4I3NO2. The van der Waals surface area contributed by atoms with Crippen molar-refractivity contribution >= 4 is 79.6 Å². The number of hydrogen-bond donors (Lipinski definition) is 1. The zero-order chi connectivity index (χ0) is 10.5. The maximum Gasteiger partial charge on any atom is 0.247 e. The summed E-state index contributed by atoms with van der Waals surface area (Å²) in [5, 5.41) is 2.37. The summed E-state index contributed by atoms with van der Waals surface area (Å²) >= 11 is 6.34.